The number of carbonyl (C=O) groups is 2. The van der Waals surface area contributed by atoms with E-state index in [1.54, 1.807) is 43.5 Å². The Kier molecular flexibility index (Phi) is 4.72. The molecule has 5 nitrogen and oxygen atoms in total. The molecule has 0 aliphatic carbocycles. The van der Waals surface area contributed by atoms with Crippen LogP contribution < -0.4 is 5.32 Å². The summed E-state index contributed by atoms with van der Waals surface area (Å²) in [6.07, 6.45) is 1.57. The molecule has 2 rings (SSSR count). The van der Waals surface area contributed by atoms with Crippen molar-refractivity contribution in [3.8, 4) is 0 Å². The van der Waals surface area contributed by atoms with Crippen LogP contribution in [0.5, 0.6) is 0 Å². The molecule has 6 heteroatoms. The van der Waals surface area contributed by atoms with Gasteiger partial charge in [-0.2, -0.15) is 0 Å². The Balaban J connectivity index is 2.23. The quantitative estimate of drug-likeness (QED) is 0.908. The number of carboxylic acids is 1. The van der Waals surface area contributed by atoms with Gasteiger partial charge in [0, 0.05) is 33.2 Å². The van der Waals surface area contributed by atoms with Gasteiger partial charge in [0.25, 0.3) is 5.91 Å². The molecule has 2 aromatic rings. The standard InChI is InChI=1S/C16H15NO4S/c1-10-3-4-12(16(19)20)9-14(10)17-15(18)11-5-7-13(8-6-11)22(2)21/h3-9H,1-2H3,(H,17,18)(H,19,20)/t22-/m1/s1. The number of benzene rings is 2. The lowest BCUT2D eigenvalue weighted by molar-refractivity contribution is 0.0696. The maximum atomic E-state index is 12.2. The molecule has 2 N–H and O–H groups in total. The van der Waals surface area contributed by atoms with E-state index in [4.69, 9.17) is 5.11 Å². The highest BCUT2D eigenvalue weighted by Gasteiger charge is 2.11. The highest BCUT2D eigenvalue weighted by Crippen LogP contribution is 2.18. The van der Waals surface area contributed by atoms with Crippen molar-refractivity contribution in [3.05, 3.63) is 59.2 Å². The molecular formula is C16H15NO4S. The molecule has 1 atom stereocenters. The third-order valence-electron chi connectivity index (χ3n) is 3.18. The molecule has 0 aromatic heterocycles. The van der Waals surface area contributed by atoms with E-state index in [-0.39, 0.29) is 11.5 Å². The van der Waals surface area contributed by atoms with Crippen LogP contribution in [0.4, 0.5) is 5.69 Å². The summed E-state index contributed by atoms with van der Waals surface area (Å²) in [4.78, 5) is 23.8. The number of nitrogens with one attached hydrogen (secondary N) is 1. The lowest BCUT2D eigenvalue weighted by Crippen LogP contribution is -2.13. The smallest absolute Gasteiger partial charge is 0.335 e. The SMILES string of the molecule is Cc1ccc(C(=O)O)cc1NC(=O)c1ccc([S@@](C)=O)cc1. The normalized spacial score (nSPS) is 11.7. The zero-order chi connectivity index (χ0) is 16.3. The maximum absolute atomic E-state index is 12.2. The fraction of sp³-hybridized carbons (Fsp3) is 0.125. The van der Waals surface area contributed by atoms with Crippen LogP contribution >= 0.6 is 0 Å². The third kappa shape index (κ3) is 3.59. The first kappa shape index (κ1) is 15.9. The van der Waals surface area contributed by atoms with Crippen molar-refractivity contribution in [2.75, 3.05) is 11.6 Å². The Hall–Kier alpha value is -2.47. The van der Waals surface area contributed by atoms with Crippen LogP contribution in [0.2, 0.25) is 0 Å². The Labute approximate surface area is 130 Å². The second-order valence-electron chi connectivity index (χ2n) is 4.77. The van der Waals surface area contributed by atoms with E-state index in [0.717, 1.165) is 5.56 Å². The maximum Gasteiger partial charge on any atom is 0.335 e. The molecule has 0 saturated carbocycles. The molecule has 0 bridgehead atoms. The second-order valence-corrected chi connectivity index (χ2v) is 6.15. The fourth-order valence-electron chi connectivity index (χ4n) is 1.88. The summed E-state index contributed by atoms with van der Waals surface area (Å²) < 4.78 is 11.3. The number of carbonyl (C=O) groups excluding carboxylic acids is 1. The predicted octanol–water partition coefficient (Wildman–Crippen LogP) is 2.68. The van der Waals surface area contributed by atoms with Gasteiger partial charge in [0.15, 0.2) is 0 Å². The summed E-state index contributed by atoms with van der Waals surface area (Å²) in [6.45, 7) is 1.78. The van der Waals surface area contributed by atoms with Gasteiger partial charge >= 0.3 is 5.97 Å². The summed E-state index contributed by atoms with van der Waals surface area (Å²) in [5.74, 6) is -1.40. The van der Waals surface area contributed by atoms with Gasteiger partial charge < -0.3 is 10.4 Å². The molecule has 0 spiro atoms. The highest BCUT2D eigenvalue weighted by atomic mass is 32.2. The van der Waals surface area contributed by atoms with E-state index in [0.29, 0.717) is 16.1 Å². The van der Waals surface area contributed by atoms with Gasteiger partial charge in [-0.05, 0) is 48.9 Å². The number of carboxylic acid groups (broad SMARTS) is 1. The van der Waals surface area contributed by atoms with Gasteiger partial charge in [0.2, 0.25) is 0 Å². The van der Waals surface area contributed by atoms with E-state index < -0.39 is 16.8 Å². The van der Waals surface area contributed by atoms with E-state index >= 15 is 0 Å². The van der Waals surface area contributed by atoms with Crippen LogP contribution in [-0.2, 0) is 10.8 Å². The molecule has 0 fully saturated rings. The molecule has 0 saturated heterocycles. The van der Waals surface area contributed by atoms with Gasteiger partial charge in [-0.15, -0.1) is 0 Å². The summed E-state index contributed by atoms with van der Waals surface area (Å²) in [6, 6.07) is 11.0. The Morgan fingerprint density at radius 3 is 2.18 bits per heavy atom. The minimum atomic E-state index is -1.10. The average molecular weight is 317 g/mol. The largest absolute Gasteiger partial charge is 0.478 e. The first-order chi connectivity index (χ1) is 10.4. The van der Waals surface area contributed by atoms with E-state index in [1.165, 1.54) is 12.1 Å². The molecular weight excluding hydrogens is 302 g/mol. The molecule has 114 valence electrons. The summed E-state index contributed by atoms with van der Waals surface area (Å²) in [7, 11) is -1.10. The van der Waals surface area contributed by atoms with Crippen LogP contribution in [0, 0.1) is 6.92 Å². The van der Waals surface area contributed by atoms with Crippen molar-refractivity contribution in [2.24, 2.45) is 0 Å². The molecule has 2 aromatic carbocycles. The van der Waals surface area contributed by atoms with Crippen LogP contribution in [0.15, 0.2) is 47.4 Å². The van der Waals surface area contributed by atoms with Crippen molar-refractivity contribution in [1.29, 1.82) is 0 Å². The topological polar surface area (TPSA) is 83.5 Å². The van der Waals surface area contributed by atoms with Crippen LogP contribution in [-0.4, -0.2) is 27.4 Å². The zero-order valence-corrected chi connectivity index (χ0v) is 12.9. The Morgan fingerprint density at radius 1 is 1.05 bits per heavy atom. The molecule has 0 aliphatic heterocycles. The minimum absolute atomic E-state index is 0.109. The van der Waals surface area contributed by atoms with Gasteiger partial charge in [0.05, 0.1) is 5.56 Å². The highest BCUT2D eigenvalue weighted by molar-refractivity contribution is 7.84. The number of hydrogen-bond donors (Lipinski definition) is 2. The molecule has 0 aliphatic rings. The van der Waals surface area contributed by atoms with Crippen molar-refractivity contribution >= 4 is 28.4 Å². The number of amides is 1. The van der Waals surface area contributed by atoms with Gasteiger partial charge in [-0.25, -0.2) is 4.79 Å². The average Bonchev–Trinajstić information content (AvgIpc) is 2.49. The summed E-state index contributed by atoms with van der Waals surface area (Å²) >= 11 is 0. The van der Waals surface area contributed by atoms with Gasteiger partial charge in [0.1, 0.15) is 0 Å². The van der Waals surface area contributed by atoms with Crippen molar-refractivity contribution in [1.82, 2.24) is 0 Å². The number of rotatable bonds is 4. The van der Waals surface area contributed by atoms with Crippen molar-refractivity contribution in [3.63, 3.8) is 0 Å². The minimum Gasteiger partial charge on any atom is -0.478 e. The molecule has 0 unspecified atom stereocenters. The zero-order valence-electron chi connectivity index (χ0n) is 12.1. The number of anilines is 1. The van der Waals surface area contributed by atoms with Crippen molar-refractivity contribution in [2.45, 2.75) is 11.8 Å². The van der Waals surface area contributed by atoms with E-state index in [1.807, 2.05) is 0 Å². The van der Waals surface area contributed by atoms with E-state index in [9.17, 15) is 13.8 Å². The summed E-state index contributed by atoms with van der Waals surface area (Å²) in [5.41, 5.74) is 1.74. The first-order valence-corrected chi connectivity index (χ1v) is 8.03. The predicted molar refractivity (Wildman–Crippen MR) is 84.9 cm³/mol. The first-order valence-electron chi connectivity index (χ1n) is 6.47. The van der Waals surface area contributed by atoms with Crippen LogP contribution in [0.3, 0.4) is 0 Å². The molecule has 22 heavy (non-hydrogen) atoms. The fourth-order valence-corrected chi connectivity index (χ4v) is 2.40. The van der Waals surface area contributed by atoms with E-state index in [2.05, 4.69) is 5.32 Å². The molecule has 1 amide bonds. The molecule has 0 heterocycles. The Bertz CT molecular complexity index is 753. The van der Waals surface area contributed by atoms with Crippen molar-refractivity contribution < 1.29 is 18.9 Å². The second kappa shape index (κ2) is 6.53. The third-order valence-corrected chi connectivity index (χ3v) is 4.12. The summed E-state index contributed by atoms with van der Waals surface area (Å²) in [5, 5.41) is 11.7. The monoisotopic (exact) mass is 317 g/mol. The van der Waals surface area contributed by atoms with Gasteiger partial charge in [-0.3, -0.25) is 9.00 Å². The van der Waals surface area contributed by atoms with Gasteiger partial charge in [-0.1, -0.05) is 6.07 Å². The number of aryl methyl sites for hydroxylation is 1. The lowest BCUT2D eigenvalue weighted by Gasteiger charge is -2.09. The number of hydrogen-bond acceptors (Lipinski definition) is 3. The lowest BCUT2D eigenvalue weighted by atomic mass is 10.1. The molecule has 0 radical (unpaired) electrons. The van der Waals surface area contributed by atoms with Crippen LogP contribution in [0.25, 0.3) is 0 Å². The Morgan fingerprint density at radius 2 is 1.64 bits per heavy atom. The number of aromatic carboxylic acids is 1. The van der Waals surface area contributed by atoms with Crippen LogP contribution in [0.1, 0.15) is 26.3 Å².